The third-order valence-corrected chi connectivity index (χ3v) is 25.2. The van der Waals surface area contributed by atoms with Gasteiger partial charge in [-0.1, -0.05) is 123 Å². The summed E-state index contributed by atoms with van der Waals surface area (Å²) in [7, 11) is 0. The maximum atomic E-state index is 12.6. The second-order valence-electron chi connectivity index (χ2n) is 32.9. The van der Waals surface area contributed by atoms with Gasteiger partial charge in [0.25, 0.3) is 0 Å². The van der Waals surface area contributed by atoms with Crippen molar-refractivity contribution in [1.82, 2.24) is 44.9 Å². The number of ketones is 2. The Morgan fingerprint density at radius 2 is 0.768 bits per heavy atom. The van der Waals surface area contributed by atoms with Crippen molar-refractivity contribution in [3.05, 3.63) is 188 Å². The van der Waals surface area contributed by atoms with Crippen molar-refractivity contribution in [1.29, 1.82) is 0 Å². The van der Waals surface area contributed by atoms with E-state index in [-0.39, 0.29) is 66.2 Å². The fourth-order valence-electron chi connectivity index (χ4n) is 17.7. The fourth-order valence-corrected chi connectivity index (χ4v) is 17.9. The Kier molecular flexibility index (Phi) is 43.9. The predicted molar refractivity (Wildman–Crippen MR) is 502 cm³/mol. The summed E-state index contributed by atoms with van der Waals surface area (Å²) in [4.78, 5) is 84.9. The molecule has 5 aromatic heterocycles. The fraction of sp³-hybridized carbons (Fsp3) is 0.505. The SMILES string of the molecule is C.CC(=O)C1CCNCC1.CCOC(=O)C1CCN(c2ccnc3ccccc23)CC1.Clc1ccnc2ccccc12.NCCN1CCOCC1.O=C(CCCN1CCOCC1)C1CCN(c2ccnc3ccccc23)CC1.O=C(O)C1CCN(c2ccnc3ccccc23)CC1.[Na+].[OH-].c1ccc2c(N3CCC(CCCCN4CCOCC4)CC3)ccnc2c1. The molecular formula is C99H134ClN14NaO10. The summed E-state index contributed by atoms with van der Waals surface area (Å²) in [6, 6.07) is 51.0. The molecule has 18 rings (SSSR count). The number of morpholine rings is 3. The molecule has 5 aromatic carbocycles. The van der Waals surface area contributed by atoms with Crippen LogP contribution in [0.3, 0.4) is 0 Å². The van der Waals surface area contributed by atoms with Crippen LogP contribution in [0.1, 0.15) is 118 Å². The zero-order valence-corrected chi connectivity index (χ0v) is 76.1. The van der Waals surface area contributed by atoms with Crippen LogP contribution in [-0.2, 0) is 38.1 Å². The Labute approximate surface area is 767 Å². The quantitative estimate of drug-likeness (QED) is 0.0363. The van der Waals surface area contributed by atoms with Crippen LogP contribution >= 0.6 is 11.6 Å². The molecule has 8 aliphatic rings. The van der Waals surface area contributed by atoms with Crippen molar-refractivity contribution in [2.45, 2.75) is 118 Å². The normalized spacial score (nSPS) is 17.7. The molecule has 0 spiro atoms. The van der Waals surface area contributed by atoms with E-state index in [4.69, 9.17) is 41.4 Å². The number of esters is 1. The van der Waals surface area contributed by atoms with E-state index in [2.05, 4.69) is 137 Å². The number of fused-ring (bicyclic) bond motifs is 5. The summed E-state index contributed by atoms with van der Waals surface area (Å²) in [6.45, 7) is 29.4. The maximum Gasteiger partial charge on any atom is 1.00 e. The number of anilines is 4. The molecule has 13 heterocycles. The summed E-state index contributed by atoms with van der Waals surface area (Å²) in [5.41, 5.74) is 15.5. The molecule has 0 radical (unpaired) electrons. The van der Waals surface area contributed by atoms with Crippen molar-refractivity contribution in [2.24, 2.45) is 35.3 Å². The van der Waals surface area contributed by atoms with Gasteiger partial charge in [0.05, 0.1) is 90.7 Å². The van der Waals surface area contributed by atoms with Gasteiger partial charge in [-0.25, -0.2) is 0 Å². The number of carbonyl (C=O) groups is 4. The van der Waals surface area contributed by atoms with Crippen LogP contribution < -0.4 is 60.2 Å². The van der Waals surface area contributed by atoms with Crippen LogP contribution in [0.15, 0.2) is 183 Å². The number of Topliss-reactive ketones (excluding diaryl/α,β-unsaturated/α-hetero) is 2. The molecule has 0 atom stereocenters. The number of pyridine rings is 5. The summed E-state index contributed by atoms with van der Waals surface area (Å²) in [5, 5.41) is 18.8. The van der Waals surface area contributed by atoms with Crippen molar-refractivity contribution in [3.8, 4) is 0 Å². The minimum absolute atomic E-state index is 0. The molecule has 0 amide bonds. The van der Waals surface area contributed by atoms with E-state index in [1.807, 2.05) is 105 Å². The number of nitrogens with one attached hydrogen (secondary N) is 1. The van der Waals surface area contributed by atoms with Crippen molar-refractivity contribution in [2.75, 3.05) is 197 Å². The molecule has 0 bridgehead atoms. The molecule has 8 aliphatic heterocycles. The Morgan fingerprint density at radius 3 is 1.13 bits per heavy atom. The van der Waals surface area contributed by atoms with Gasteiger partial charge in [-0.05, 0) is 184 Å². The standard InChI is InChI=1S/C22H29N3O2.C22H31N3O.C17H20N2O2.C15H16N2O2.C9H6ClN.C7H13NO.C6H14N2O.CH4.Na.H2O/c26-22(6-3-11-24-14-16-27-17-15-24)18-8-12-25(13-9-18)21-7-10-23-20-5-2-1-4-19(20)21;1-2-7-21-20(6-1)22(8-11-23-21)25-13-9-19(10-14-25)5-3-4-12-24-15-17-26-18-16-24;1-2-21-17(20)13-8-11-19(12-9-13)16-7-10-18-15-6-4-3-5-14(15)16;18-15(19)11-6-9-17(10-7-11)14-5-8-16-13-4-2-1-3-12(13)14;10-8-5-6-11-9-4-2-1-3-7(8)9;1-6(9)7-2-4-8-5-3-7;7-1-2-8-3-5-9-6-4-8;;;/h1-2,4-5,7,10,18H,3,6,8-9,11-17H2;1-2,6-8,11,19H,3-5,9-10,12-18H2;3-7,10,13H,2,8-9,11-12H2,1H3;1-5,8,11H,6-7,9-10H2,(H,18,19);1-6H;7-8H,2-5H2,1H3;1-7H2;1H4;;1H2/q;;;;;;;;+1;/p-1. The molecule has 0 saturated carbocycles. The van der Waals surface area contributed by atoms with E-state index in [1.54, 1.807) is 19.2 Å². The number of benzene rings is 5. The molecule has 10 aromatic rings. The first-order chi connectivity index (χ1) is 59.9. The number of nitrogens with two attached hydrogens (primary N) is 1. The Hall–Kier alpha value is -8.44. The Balaban J connectivity index is 0.000000170. The average Bonchev–Trinajstić information content (AvgIpc) is 0.816. The van der Waals surface area contributed by atoms with Crippen molar-refractivity contribution in [3.63, 3.8) is 0 Å². The summed E-state index contributed by atoms with van der Waals surface area (Å²) in [6.07, 6.45) is 24.9. The van der Waals surface area contributed by atoms with E-state index >= 15 is 0 Å². The molecule has 125 heavy (non-hydrogen) atoms. The number of halogens is 1. The van der Waals surface area contributed by atoms with Gasteiger partial charge in [-0.2, -0.15) is 0 Å². The number of hydrogen-bond acceptors (Lipinski definition) is 23. The number of para-hydroxylation sites is 5. The number of ether oxygens (including phenoxy) is 4. The van der Waals surface area contributed by atoms with E-state index in [0.717, 1.165) is 257 Å². The van der Waals surface area contributed by atoms with Crippen molar-refractivity contribution < 1.29 is 78.3 Å². The molecule has 8 saturated heterocycles. The third-order valence-electron chi connectivity index (χ3n) is 24.9. The van der Waals surface area contributed by atoms with Crippen LogP contribution in [0.5, 0.6) is 0 Å². The number of aliphatic carboxylic acids is 1. The number of rotatable bonds is 20. The number of nitrogens with zero attached hydrogens (tertiary/aromatic N) is 12. The van der Waals surface area contributed by atoms with E-state index in [1.165, 1.54) is 85.0 Å². The molecule has 668 valence electrons. The summed E-state index contributed by atoms with van der Waals surface area (Å²) >= 11 is 5.92. The van der Waals surface area contributed by atoms with Crippen LogP contribution in [-0.4, -0.2) is 251 Å². The smallest absolute Gasteiger partial charge is 0.870 e. The number of hydrogen-bond donors (Lipinski definition) is 3. The van der Waals surface area contributed by atoms with Gasteiger partial charge < -0.3 is 60.2 Å². The first kappa shape index (κ1) is 100. The molecule has 8 fully saturated rings. The topological polar surface area (TPSA) is 281 Å². The first-order valence-corrected chi connectivity index (χ1v) is 45.3. The van der Waals surface area contributed by atoms with E-state index < -0.39 is 5.97 Å². The molecule has 26 heteroatoms. The van der Waals surface area contributed by atoms with Gasteiger partial charge in [0.15, 0.2) is 0 Å². The summed E-state index contributed by atoms with van der Waals surface area (Å²) < 4.78 is 21.1. The molecule has 0 aliphatic carbocycles. The number of piperidine rings is 5. The average molecular weight is 1740 g/mol. The van der Waals surface area contributed by atoms with Crippen LogP contribution in [0.2, 0.25) is 5.02 Å². The monoisotopic (exact) mass is 1740 g/mol. The van der Waals surface area contributed by atoms with Gasteiger partial charge in [-0.15, -0.1) is 0 Å². The molecular weight excluding hydrogens is 1600 g/mol. The van der Waals surface area contributed by atoms with Crippen LogP contribution in [0, 0.1) is 29.6 Å². The summed E-state index contributed by atoms with van der Waals surface area (Å²) in [5.74, 6) is 1.46. The molecule has 0 unspecified atom stereocenters. The van der Waals surface area contributed by atoms with Gasteiger partial charge in [-0.3, -0.25) is 58.8 Å². The number of unbranched alkanes of at least 4 members (excludes halogenated alkanes) is 1. The predicted octanol–water partition coefficient (Wildman–Crippen LogP) is 12.8. The number of carbonyl (C=O) groups excluding carboxylic acids is 3. The Bertz CT molecular complexity index is 4800. The largest absolute Gasteiger partial charge is 1.00 e. The minimum atomic E-state index is -0.667. The minimum Gasteiger partial charge on any atom is -0.870 e. The van der Waals surface area contributed by atoms with Crippen molar-refractivity contribution >= 4 is 112 Å². The van der Waals surface area contributed by atoms with E-state index in [9.17, 15) is 19.2 Å². The zero-order chi connectivity index (χ0) is 84.9. The van der Waals surface area contributed by atoms with Gasteiger partial charge >= 0.3 is 41.5 Å². The van der Waals surface area contributed by atoms with Gasteiger partial charge in [0.2, 0.25) is 0 Å². The van der Waals surface area contributed by atoms with Crippen LogP contribution in [0.4, 0.5) is 22.7 Å². The van der Waals surface area contributed by atoms with E-state index in [0.29, 0.717) is 36.9 Å². The first-order valence-electron chi connectivity index (χ1n) is 45.0. The Morgan fingerprint density at radius 1 is 0.432 bits per heavy atom. The number of carboxylic acids is 1. The zero-order valence-electron chi connectivity index (χ0n) is 73.4. The number of carboxylic acid groups (broad SMARTS) is 1. The second kappa shape index (κ2) is 54.7. The maximum absolute atomic E-state index is 12.6. The molecule has 24 nitrogen and oxygen atoms in total. The van der Waals surface area contributed by atoms with Gasteiger partial charge in [0, 0.05) is 204 Å². The number of aromatic nitrogens is 5. The second-order valence-corrected chi connectivity index (χ2v) is 33.3. The van der Waals surface area contributed by atoms with Crippen LogP contribution in [0.25, 0.3) is 54.5 Å². The van der Waals surface area contributed by atoms with Gasteiger partial charge in [0.1, 0.15) is 11.6 Å². The third kappa shape index (κ3) is 30.9. The molecule has 5 N–H and O–H groups in total.